The van der Waals surface area contributed by atoms with Crippen LogP contribution in [-0.2, 0) is 0 Å². The molecule has 0 N–H and O–H groups in total. The monoisotopic (exact) mass is 379 g/mol. The Morgan fingerprint density at radius 2 is 1.59 bits per heavy atom. The quantitative estimate of drug-likeness (QED) is 0.364. The highest BCUT2D eigenvalue weighted by molar-refractivity contribution is 6.09. The predicted molar refractivity (Wildman–Crippen MR) is 112 cm³/mol. The molecule has 138 valence electrons. The third-order valence-electron chi connectivity index (χ3n) is 5.18. The zero-order chi connectivity index (χ0) is 19.4. The smallest absolute Gasteiger partial charge is 0.184 e. The summed E-state index contributed by atoms with van der Waals surface area (Å²) in [4.78, 5) is 8.88. The van der Waals surface area contributed by atoms with Gasteiger partial charge in [0.05, 0.1) is 22.8 Å². The highest BCUT2D eigenvalue weighted by Crippen LogP contribution is 2.37. The van der Waals surface area contributed by atoms with Crippen LogP contribution in [0.25, 0.3) is 50.0 Å². The van der Waals surface area contributed by atoms with Crippen LogP contribution >= 0.6 is 0 Å². The highest BCUT2D eigenvalue weighted by Gasteiger charge is 2.20. The van der Waals surface area contributed by atoms with Crippen molar-refractivity contribution in [2.24, 2.45) is 0 Å². The van der Waals surface area contributed by atoms with E-state index in [1.807, 2.05) is 72.8 Å². The molecule has 0 atom stereocenters. The lowest BCUT2D eigenvalue weighted by Crippen LogP contribution is -1.97. The Balaban J connectivity index is 1.75. The summed E-state index contributed by atoms with van der Waals surface area (Å²) < 4.78 is 22.4. The van der Waals surface area contributed by atoms with Crippen molar-refractivity contribution in [1.29, 1.82) is 0 Å². The zero-order valence-electron chi connectivity index (χ0n) is 15.2. The van der Waals surface area contributed by atoms with E-state index in [0.717, 1.165) is 33.5 Å². The number of furan rings is 1. The number of imidazole rings is 1. The molecule has 0 fully saturated rings. The molecule has 3 aromatic heterocycles. The van der Waals surface area contributed by atoms with Crippen LogP contribution < -0.4 is 0 Å². The summed E-state index contributed by atoms with van der Waals surface area (Å²) in [5.74, 6) is 0.275. The minimum absolute atomic E-state index is 0.213. The van der Waals surface area contributed by atoms with Gasteiger partial charge in [0.25, 0.3) is 0 Å². The first-order valence-electron chi connectivity index (χ1n) is 9.29. The lowest BCUT2D eigenvalue weighted by atomic mass is 10.1. The molecule has 0 aliphatic carbocycles. The van der Waals surface area contributed by atoms with E-state index in [-0.39, 0.29) is 5.58 Å². The van der Waals surface area contributed by atoms with Crippen LogP contribution in [0.1, 0.15) is 0 Å². The normalized spacial score (nSPS) is 11.6. The molecule has 6 rings (SSSR count). The fourth-order valence-electron chi connectivity index (χ4n) is 3.90. The number of para-hydroxylation sites is 4. The van der Waals surface area contributed by atoms with E-state index in [9.17, 15) is 4.39 Å². The average Bonchev–Trinajstić information content (AvgIpc) is 3.34. The average molecular weight is 379 g/mol. The van der Waals surface area contributed by atoms with Gasteiger partial charge in [-0.15, -0.1) is 0 Å². The summed E-state index contributed by atoms with van der Waals surface area (Å²) >= 11 is 0. The van der Waals surface area contributed by atoms with Crippen LogP contribution in [0.15, 0.2) is 89.6 Å². The standard InChI is InChI=1S/C24H14FN3O/c25-19-14-26-13-18-16-9-6-10-17(22(16)29-23(18)19)24-27-20-11-4-5-12-21(20)28(24)15-7-2-1-3-8-15/h1-14H. The van der Waals surface area contributed by atoms with Gasteiger partial charge in [-0.3, -0.25) is 9.55 Å². The van der Waals surface area contributed by atoms with Gasteiger partial charge in [0.2, 0.25) is 0 Å². The SMILES string of the molecule is Fc1cncc2c1oc1c(-c3nc4ccccc4n3-c3ccccc3)cccc12. The number of halogens is 1. The summed E-state index contributed by atoms with van der Waals surface area (Å²) in [7, 11) is 0. The molecular formula is C24H14FN3O. The van der Waals surface area contributed by atoms with Crippen molar-refractivity contribution in [1.82, 2.24) is 14.5 Å². The Labute approximate surface area is 164 Å². The summed E-state index contributed by atoms with van der Waals surface area (Å²) in [6, 6.07) is 23.9. The van der Waals surface area contributed by atoms with Crippen LogP contribution in [0.4, 0.5) is 4.39 Å². The Morgan fingerprint density at radius 3 is 2.48 bits per heavy atom. The fraction of sp³-hybridized carbons (Fsp3) is 0. The van der Waals surface area contributed by atoms with E-state index in [1.165, 1.54) is 6.20 Å². The number of aromatic nitrogens is 3. The second-order valence-electron chi connectivity index (χ2n) is 6.88. The van der Waals surface area contributed by atoms with Crippen molar-refractivity contribution < 1.29 is 8.81 Å². The first-order valence-corrected chi connectivity index (χ1v) is 9.29. The van der Waals surface area contributed by atoms with E-state index >= 15 is 0 Å². The summed E-state index contributed by atoms with van der Waals surface area (Å²) in [6.45, 7) is 0. The van der Waals surface area contributed by atoms with E-state index in [0.29, 0.717) is 11.0 Å². The number of pyridine rings is 1. The van der Waals surface area contributed by atoms with Crippen LogP contribution in [0.5, 0.6) is 0 Å². The fourth-order valence-corrected chi connectivity index (χ4v) is 3.90. The van der Waals surface area contributed by atoms with Gasteiger partial charge in [0.15, 0.2) is 11.4 Å². The summed E-state index contributed by atoms with van der Waals surface area (Å²) in [5, 5.41) is 1.47. The zero-order valence-corrected chi connectivity index (χ0v) is 15.2. The molecule has 0 aliphatic heterocycles. The van der Waals surface area contributed by atoms with E-state index in [4.69, 9.17) is 9.40 Å². The van der Waals surface area contributed by atoms with Crippen LogP contribution in [0, 0.1) is 5.82 Å². The van der Waals surface area contributed by atoms with E-state index in [2.05, 4.69) is 9.55 Å². The molecule has 0 saturated carbocycles. The molecule has 0 spiro atoms. The van der Waals surface area contributed by atoms with Crippen LogP contribution in [0.2, 0.25) is 0 Å². The van der Waals surface area contributed by atoms with E-state index < -0.39 is 5.82 Å². The molecule has 0 amide bonds. The second-order valence-corrected chi connectivity index (χ2v) is 6.88. The minimum atomic E-state index is -0.471. The lowest BCUT2D eigenvalue weighted by Gasteiger charge is -2.09. The molecule has 0 radical (unpaired) electrons. The van der Waals surface area contributed by atoms with Gasteiger partial charge in [-0.05, 0) is 30.3 Å². The molecule has 0 unspecified atom stereocenters. The summed E-state index contributed by atoms with van der Waals surface area (Å²) in [6.07, 6.45) is 2.80. The molecule has 5 heteroatoms. The first kappa shape index (κ1) is 16.0. The molecule has 3 aromatic carbocycles. The van der Waals surface area contributed by atoms with Gasteiger partial charge < -0.3 is 4.42 Å². The maximum atomic E-state index is 14.3. The number of rotatable bonds is 2. The molecule has 0 bridgehead atoms. The van der Waals surface area contributed by atoms with Crippen molar-refractivity contribution in [2.75, 3.05) is 0 Å². The molecule has 3 heterocycles. The first-order chi connectivity index (χ1) is 14.3. The Bertz CT molecular complexity index is 1520. The van der Waals surface area contributed by atoms with Gasteiger partial charge in [0.1, 0.15) is 11.4 Å². The van der Waals surface area contributed by atoms with Gasteiger partial charge in [-0.2, -0.15) is 0 Å². The van der Waals surface area contributed by atoms with Crippen molar-refractivity contribution in [3.8, 4) is 17.1 Å². The van der Waals surface area contributed by atoms with Gasteiger partial charge in [-0.1, -0.05) is 42.5 Å². The predicted octanol–water partition coefficient (Wildman–Crippen LogP) is 6.13. The minimum Gasteiger partial charge on any atom is -0.452 e. The van der Waals surface area contributed by atoms with Gasteiger partial charge >= 0.3 is 0 Å². The van der Waals surface area contributed by atoms with Crippen molar-refractivity contribution in [3.05, 3.63) is 91.0 Å². The number of nitrogens with zero attached hydrogens (tertiary/aromatic N) is 3. The number of fused-ring (bicyclic) bond motifs is 4. The van der Waals surface area contributed by atoms with Crippen molar-refractivity contribution in [2.45, 2.75) is 0 Å². The topological polar surface area (TPSA) is 43.9 Å². The van der Waals surface area contributed by atoms with Gasteiger partial charge in [0, 0.05) is 22.7 Å². The number of hydrogen-bond acceptors (Lipinski definition) is 3. The maximum Gasteiger partial charge on any atom is 0.184 e. The Morgan fingerprint density at radius 1 is 0.759 bits per heavy atom. The molecule has 29 heavy (non-hydrogen) atoms. The molecule has 0 aliphatic rings. The third-order valence-corrected chi connectivity index (χ3v) is 5.18. The van der Waals surface area contributed by atoms with Gasteiger partial charge in [-0.25, -0.2) is 9.37 Å². The Kier molecular flexibility index (Phi) is 3.32. The maximum absolute atomic E-state index is 14.3. The van der Waals surface area contributed by atoms with Crippen LogP contribution in [0.3, 0.4) is 0 Å². The highest BCUT2D eigenvalue weighted by atomic mass is 19.1. The van der Waals surface area contributed by atoms with Crippen molar-refractivity contribution >= 4 is 33.0 Å². The molecule has 4 nitrogen and oxygen atoms in total. The molecule has 0 saturated heterocycles. The van der Waals surface area contributed by atoms with Crippen molar-refractivity contribution in [3.63, 3.8) is 0 Å². The van der Waals surface area contributed by atoms with E-state index in [1.54, 1.807) is 6.20 Å². The Hall–Kier alpha value is -3.99. The largest absolute Gasteiger partial charge is 0.452 e. The summed E-state index contributed by atoms with van der Waals surface area (Å²) in [5.41, 5.74) is 4.49. The second kappa shape index (κ2) is 6.01. The third kappa shape index (κ3) is 2.31. The number of hydrogen-bond donors (Lipinski definition) is 0. The number of benzene rings is 3. The molecule has 6 aromatic rings. The van der Waals surface area contributed by atoms with Crippen LogP contribution in [-0.4, -0.2) is 14.5 Å². The lowest BCUT2D eigenvalue weighted by molar-refractivity contribution is 0.580. The molecular weight excluding hydrogens is 365 g/mol.